The number of benzene rings is 1. The van der Waals surface area contributed by atoms with Gasteiger partial charge in [-0.1, -0.05) is 33.8 Å². The Kier molecular flexibility index (Phi) is 3.21. The molecule has 1 saturated carbocycles. The first-order valence-electron chi connectivity index (χ1n) is 6.67. The van der Waals surface area contributed by atoms with Crippen molar-refractivity contribution in [3.05, 3.63) is 23.8 Å². The van der Waals surface area contributed by atoms with Crippen molar-refractivity contribution in [2.45, 2.75) is 39.8 Å². The van der Waals surface area contributed by atoms with Crippen molar-refractivity contribution in [2.75, 3.05) is 0 Å². The highest BCUT2D eigenvalue weighted by Crippen LogP contribution is 2.52. The van der Waals surface area contributed by atoms with E-state index in [2.05, 4.69) is 5.32 Å². The number of phenols is 2. The number of carbonyl (C=O) groups is 1. The Morgan fingerprint density at radius 1 is 1.20 bits per heavy atom. The summed E-state index contributed by atoms with van der Waals surface area (Å²) in [4.78, 5) is 12.3. The van der Waals surface area contributed by atoms with Crippen LogP contribution in [-0.2, 0) is 0 Å². The second kappa shape index (κ2) is 4.38. The van der Waals surface area contributed by atoms with Crippen molar-refractivity contribution in [3.8, 4) is 11.5 Å². The molecule has 0 spiro atoms. The van der Waals surface area contributed by atoms with Crippen molar-refractivity contribution in [1.29, 1.82) is 0 Å². The number of para-hydroxylation sites is 1. The zero-order valence-electron chi connectivity index (χ0n) is 12.3. The van der Waals surface area contributed by atoms with Crippen LogP contribution in [-0.4, -0.2) is 28.2 Å². The molecule has 2 rings (SSSR count). The number of nitrogens with two attached hydrogens (primary N) is 1. The molecule has 0 unspecified atom stereocenters. The first-order valence-corrected chi connectivity index (χ1v) is 6.67. The van der Waals surface area contributed by atoms with Gasteiger partial charge in [-0.25, -0.2) is 0 Å². The highest BCUT2D eigenvalue weighted by molar-refractivity contribution is 5.98. The van der Waals surface area contributed by atoms with Gasteiger partial charge >= 0.3 is 0 Å². The van der Waals surface area contributed by atoms with E-state index in [0.29, 0.717) is 0 Å². The Labute approximate surface area is 118 Å². The lowest BCUT2D eigenvalue weighted by molar-refractivity contribution is -0.0663. The van der Waals surface area contributed by atoms with Gasteiger partial charge in [0.1, 0.15) is 0 Å². The van der Waals surface area contributed by atoms with E-state index in [1.807, 2.05) is 27.7 Å². The minimum atomic E-state index is -0.406. The number of carbonyl (C=O) groups excluding carboxylic acids is 1. The maximum absolute atomic E-state index is 12.3. The van der Waals surface area contributed by atoms with Crippen LogP contribution in [0.5, 0.6) is 11.5 Å². The predicted molar refractivity (Wildman–Crippen MR) is 76.6 cm³/mol. The van der Waals surface area contributed by atoms with E-state index in [4.69, 9.17) is 5.73 Å². The molecule has 5 N–H and O–H groups in total. The van der Waals surface area contributed by atoms with Crippen LogP contribution in [0.2, 0.25) is 0 Å². The largest absolute Gasteiger partial charge is 0.504 e. The summed E-state index contributed by atoms with van der Waals surface area (Å²) in [6.07, 6.45) is 0. The molecule has 5 heteroatoms. The molecule has 0 saturated heterocycles. The lowest BCUT2D eigenvalue weighted by Crippen LogP contribution is -2.76. The zero-order valence-corrected chi connectivity index (χ0v) is 12.3. The number of aromatic hydroxyl groups is 2. The fourth-order valence-electron chi connectivity index (χ4n) is 3.48. The van der Waals surface area contributed by atoms with Gasteiger partial charge in [-0.05, 0) is 12.1 Å². The summed E-state index contributed by atoms with van der Waals surface area (Å²) in [6.45, 7) is 8.04. The molecule has 1 aliphatic carbocycles. The van der Waals surface area contributed by atoms with Crippen LogP contribution < -0.4 is 11.1 Å². The molecule has 0 aliphatic heterocycles. The van der Waals surface area contributed by atoms with Gasteiger partial charge in [0.05, 0.1) is 5.56 Å². The Hall–Kier alpha value is -1.75. The van der Waals surface area contributed by atoms with E-state index >= 15 is 0 Å². The number of amides is 1. The van der Waals surface area contributed by atoms with Crippen LogP contribution in [0.25, 0.3) is 0 Å². The number of phenolic OH excluding ortho intramolecular Hbond substituents is 2. The molecule has 0 aromatic heterocycles. The summed E-state index contributed by atoms with van der Waals surface area (Å²) in [5, 5.41) is 22.1. The lowest BCUT2D eigenvalue weighted by atomic mass is 9.48. The molecule has 1 fully saturated rings. The third-order valence-electron chi connectivity index (χ3n) is 4.63. The predicted octanol–water partition coefficient (Wildman–Crippen LogP) is 1.59. The van der Waals surface area contributed by atoms with E-state index in [0.717, 1.165) is 0 Å². The molecule has 5 nitrogen and oxygen atoms in total. The lowest BCUT2D eigenvalue weighted by Gasteiger charge is -2.62. The van der Waals surface area contributed by atoms with E-state index in [9.17, 15) is 15.0 Å². The van der Waals surface area contributed by atoms with E-state index in [-0.39, 0.29) is 34.2 Å². The highest BCUT2D eigenvalue weighted by Gasteiger charge is 2.60. The summed E-state index contributed by atoms with van der Waals surface area (Å²) >= 11 is 0. The number of nitrogens with one attached hydrogen (secondary N) is 1. The zero-order chi connectivity index (χ0) is 15.3. The second-order valence-electron chi connectivity index (χ2n) is 6.70. The Morgan fingerprint density at radius 2 is 1.75 bits per heavy atom. The molecule has 0 radical (unpaired) electrons. The van der Waals surface area contributed by atoms with Gasteiger partial charge in [0, 0.05) is 22.9 Å². The fourth-order valence-corrected chi connectivity index (χ4v) is 3.48. The number of rotatable bonds is 2. The molecule has 20 heavy (non-hydrogen) atoms. The third-order valence-corrected chi connectivity index (χ3v) is 4.63. The minimum absolute atomic E-state index is 0.0157. The van der Waals surface area contributed by atoms with Gasteiger partial charge in [-0.3, -0.25) is 4.79 Å². The quantitative estimate of drug-likeness (QED) is 0.618. The average molecular weight is 278 g/mol. The Bertz CT molecular complexity index is 536. The van der Waals surface area contributed by atoms with Crippen LogP contribution in [0.1, 0.15) is 38.1 Å². The van der Waals surface area contributed by atoms with Gasteiger partial charge < -0.3 is 21.3 Å². The molecule has 0 bridgehead atoms. The summed E-state index contributed by atoms with van der Waals surface area (Å²) in [5.41, 5.74) is 5.79. The topological polar surface area (TPSA) is 95.6 Å². The van der Waals surface area contributed by atoms with Gasteiger partial charge in [0.25, 0.3) is 5.91 Å². The van der Waals surface area contributed by atoms with Gasteiger partial charge in [0.15, 0.2) is 11.5 Å². The van der Waals surface area contributed by atoms with E-state index < -0.39 is 11.7 Å². The summed E-state index contributed by atoms with van der Waals surface area (Å²) in [5.74, 6) is -1.11. The summed E-state index contributed by atoms with van der Waals surface area (Å²) in [6, 6.07) is 4.21. The van der Waals surface area contributed by atoms with Crippen LogP contribution in [0.3, 0.4) is 0 Å². The average Bonchev–Trinajstić information content (AvgIpc) is 2.37. The normalized spacial score (nSPS) is 26.6. The maximum atomic E-state index is 12.3. The van der Waals surface area contributed by atoms with Crippen LogP contribution >= 0.6 is 0 Å². The smallest absolute Gasteiger partial charge is 0.255 e. The van der Waals surface area contributed by atoms with Crippen LogP contribution in [0.4, 0.5) is 0 Å². The van der Waals surface area contributed by atoms with Crippen molar-refractivity contribution >= 4 is 5.91 Å². The molecular weight excluding hydrogens is 256 g/mol. The molecule has 1 aromatic rings. The van der Waals surface area contributed by atoms with E-state index in [1.54, 1.807) is 0 Å². The molecular formula is C15H22N2O3. The highest BCUT2D eigenvalue weighted by atomic mass is 16.3. The van der Waals surface area contributed by atoms with Crippen molar-refractivity contribution in [2.24, 2.45) is 16.6 Å². The number of hydrogen-bond donors (Lipinski definition) is 4. The van der Waals surface area contributed by atoms with Gasteiger partial charge in [-0.15, -0.1) is 0 Å². The van der Waals surface area contributed by atoms with Crippen molar-refractivity contribution in [3.63, 3.8) is 0 Å². The summed E-state index contributed by atoms with van der Waals surface area (Å²) in [7, 11) is 0. The van der Waals surface area contributed by atoms with Gasteiger partial charge in [-0.2, -0.15) is 0 Å². The van der Waals surface area contributed by atoms with Crippen molar-refractivity contribution < 1.29 is 15.0 Å². The minimum Gasteiger partial charge on any atom is -0.504 e. The third kappa shape index (κ3) is 1.93. The standard InChI is InChI=1S/C15H22N2O3/c1-14(2)12(16)15(3,4)13(14)17-11(20)8-6-5-7-9(18)10(8)19/h5-7,12-13,18-19H,16H2,1-4H3,(H,17,20). The molecule has 0 heterocycles. The molecule has 0 atom stereocenters. The second-order valence-corrected chi connectivity index (χ2v) is 6.70. The SMILES string of the molecule is CC1(C)C(N)C(C)(C)C1NC(=O)c1cccc(O)c1O. The fraction of sp³-hybridized carbons (Fsp3) is 0.533. The molecule has 110 valence electrons. The molecule has 1 amide bonds. The Balaban J connectivity index is 2.23. The summed E-state index contributed by atoms with van der Waals surface area (Å²) < 4.78 is 0. The first kappa shape index (κ1) is 14.7. The van der Waals surface area contributed by atoms with Gasteiger partial charge in [0.2, 0.25) is 0 Å². The monoisotopic (exact) mass is 278 g/mol. The molecule has 1 aliphatic rings. The van der Waals surface area contributed by atoms with Crippen LogP contribution in [0, 0.1) is 10.8 Å². The van der Waals surface area contributed by atoms with Crippen molar-refractivity contribution in [1.82, 2.24) is 5.32 Å². The maximum Gasteiger partial charge on any atom is 0.255 e. The Morgan fingerprint density at radius 3 is 2.30 bits per heavy atom. The van der Waals surface area contributed by atoms with E-state index in [1.165, 1.54) is 18.2 Å². The first-order chi connectivity index (χ1) is 9.10. The van der Waals surface area contributed by atoms with Crippen LogP contribution in [0.15, 0.2) is 18.2 Å². The number of hydrogen-bond acceptors (Lipinski definition) is 4. The molecule has 1 aromatic carbocycles.